The number of para-hydroxylation sites is 1. The molecule has 2 aliphatic heterocycles. The fourth-order valence-electron chi connectivity index (χ4n) is 3.01. The molecule has 1 fully saturated rings. The maximum absolute atomic E-state index is 13.7. The second kappa shape index (κ2) is 8.12. The predicted octanol–water partition coefficient (Wildman–Crippen LogP) is 3.53. The van der Waals surface area contributed by atoms with E-state index in [2.05, 4.69) is 10.3 Å². The first-order valence-electron chi connectivity index (χ1n) is 9.06. The molecule has 0 saturated carbocycles. The molecule has 1 saturated heterocycles. The Morgan fingerprint density at radius 2 is 2.07 bits per heavy atom. The van der Waals surface area contributed by atoms with Gasteiger partial charge >= 0.3 is 0 Å². The molecule has 2 heterocycles. The van der Waals surface area contributed by atoms with Crippen LogP contribution in [0.1, 0.15) is 13.3 Å². The number of ether oxygens (including phenoxy) is 2. The van der Waals surface area contributed by atoms with Crippen molar-refractivity contribution in [3.8, 4) is 11.5 Å². The van der Waals surface area contributed by atoms with Gasteiger partial charge in [0.25, 0.3) is 0 Å². The van der Waals surface area contributed by atoms with Crippen molar-refractivity contribution in [2.24, 2.45) is 4.99 Å². The molecule has 0 radical (unpaired) electrons. The van der Waals surface area contributed by atoms with Crippen molar-refractivity contribution >= 4 is 40.1 Å². The molecular formula is C20H18FN3O4S. The Balaban J connectivity index is 1.48. The highest BCUT2D eigenvalue weighted by atomic mass is 32.2. The molecule has 1 atom stereocenters. The lowest BCUT2D eigenvalue weighted by Gasteiger charge is -2.13. The Bertz CT molecular complexity index is 997. The number of halogens is 1. The second-order valence-electron chi connectivity index (χ2n) is 6.35. The first kappa shape index (κ1) is 19.3. The number of fused-ring (bicyclic) bond motifs is 1. The molecule has 1 unspecified atom stereocenters. The number of nitrogens with zero attached hydrogens (tertiary/aromatic N) is 2. The van der Waals surface area contributed by atoms with E-state index in [1.165, 1.54) is 28.8 Å². The van der Waals surface area contributed by atoms with Crippen LogP contribution in [0.15, 0.2) is 47.5 Å². The molecule has 0 aromatic heterocycles. The monoisotopic (exact) mass is 415 g/mol. The number of amides is 2. The molecule has 9 heteroatoms. The normalized spacial score (nSPS) is 19.1. The van der Waals surface area contributed by atoms with Gasteiger partial charge in [0.1, 0.15) is 11.1 Å². The van der Waals surface area contributed by atoms with Gasteiger partial charge in [-0.1, -0.05) is 23.9 Å². The first-order chi connectivity index (χ1) is 14.0. The number of aliphatic imine (C=N–C) groups is 1. The second-order valence-corrected chi connectivity index (χ2v) is 7.52. The van der Waals surface area contributed by atoms with Crippen molar-refractivity contribution in [3.05, 3.63) is 48.3 Å². The molecule has 2 aromatic carbocycles. The van der Waals surface area contributed by atoms with Gasteiger partial charge in [0.2, 0.25) is 18.6 Å². The molecule has 0 bridgehead atoms. The quantitative estimate of drug-likeness (QED) is 0.808. The SMILES string of the molecule is CCN1C(=O)C(CC(=O)Nc2ccccc2F)SC1=Nc1ccc2c(c1)OCO2. The summed E-state index contributed by atoms with van der Waals surface area (Å²) in [6.45, 7) is 2.44. The van der Waals surface area contributed by atoms with E-state index in [-0.39, 0.29) is 24.8 Å². The molecule has 150 valence electrons. The van der Waals surface area contributed by atoms with Crippen molar-refractivity contribution in [1.82, 2.24) is 4.90 Å². The summed E-state index contributed by atoms with van der Waals surface area (Å²) in [4.78, 5) is 31.1. The van der Waals surface area contributed by atoms with Crippen LogP contribution in [0.2, 0.25) is 0 Å². The Kier molecular flexibility index (Phi) is 5.39. The molecule has 1 N–H and O–H groups in total. The molecule has 0 aliphatic carbocycles. The summed E-state index contributed by atoms with van der Waals surface area (Å²) in [6.07, 6.45) is -0.0749. The van der Waals surface area contributed by atoms with E-state index >= 15 is 0 Å². The van der Waals surface area contributed by atoms with Gasteiger partial charge in [-0.05, 0) is 31.2 Å². The van der Waals surface area contributed by atoms with Gasteiger partial charge < -0.3 is 14.8 Å². The number of thioether (sulfide) groups is 1. The average Bonchev–Trinajstić information content (AvgIpc) is 3.28. The van der Waals surface area contributed by atoms with Crippen LogP contribution in [-0.2, 0) is 9.59 Å². The lowest BCUT2D eigenvalue weighted by Crippen LogP contribution is -2.33. The van der Waals surface area contributed by atoms with Gasteiger partial charge in [-0.3, -0.25) is 14.5 Å². The van der Waals surface area contributed by atoms with E-state index < -0.39 is 17.0 Å². The van der Waals surface area contributed by atoms with E-state index in [4.69, 9.17) is 9.47 Å². The lowest BCUT2D eigenvalue weighted by atomic mass is 10.2. The van der Waals surface area contributed by atoms with Gasteiger partial charge in [0.15, 0.2) is 16.7 Å². The first-order valence-corrected chi connectivity index (χ1v) is 9.94. The highest BCUT2D eigenvalue weighted by Crippen LogP contribution is 2.37. The number of carbonyl (C=O) groups excluding carboxylic acids is 2. The summed E-state index contributed by atoms with van der Waals surface area (Å²) in [5.41, 5.74) is 0.717. The topological polar surface area (TPSA) is 80.2 Å². The number of rotatable bonds is 5. The molecule has 4 rings (SSSR count). The molecule has 2 amide bonds. The maximum atomic E-state index is 13.7. The van der Waals surface area contributed by atoms with Crippen LogP contribution in [0, 0.1) is 5.82 Å². The number of anilines is 1. The minimum absolute atomic E-state index is 0.0749. The highest BCUT2D eigenvalue weighted by Gasteiger charge is 2.38. The zero-order chi connectivity index (χ0) is 20.4. The molecule has 2 aliphatic rings. The van der Waals surface area contributed by atoms with Gasteiger partial charge in [-0.25, -0.2) is 9.38 Å². The van der Waals surface area contributed by atoms with Gasteiger partial charge in [0, 0.05) is 19.0 Å². The summed E-state index contributed by atoms with van der Waals surface area (Å²) in [5.74, 6) is 0.109. The number of nitrogens with one attached hydrogen (secondary N) is 1. The van der Waals surface area contributed by atoms with E-state index in [0.717, 1.165) is 0 Å². The standard InChI is InChI=1S/C20H18FN3O4S/c1-2-24-19(26)17(10-18(25)23-14-6-4-3-5-13(14)21)29-20(24)22-12-7-8-15-16(9-12)28-11-27-15/h3-9,17H,2,10-11H2,1H3,(H,23,25). The minimum atomic E-state index is -0.616. The number of amidine groups is 1. The summed E-state index contributed by atoms with van der Waals surface area (Å²) in [5, 5.41) is 2.41. The zero-order valence-electron chi connectivity index (χ0n) is 15.6. The lowest BCUT2D eigenvalue weighted by molar-refractivity contribution is -0.128. The van der Waals surface area contributed by atoms with Crippen LogP contribution in [0.5, 0.6) is 11.5 Å². The Hall–Kier alpha value is -3.07. The van der Waals surface area contributed by atoms with Crippen molar-refractivity contribution in [3.63, 3.8) is 0 Å². The number of benzene rings is 2. The summed E-state index contributed by atoms with van der Waals surface area (Å²) < 4.78 is 24.4. The van der Waals surface area contributed by atoms with Crippen molar-refractivity contribution in [2.75, 3.05) is 18.7 Å². The van der Waals surface area contributed by atoms with Gasteiger partial charge in [-0.2, -0.15) is 0 Å². The molecule has 7 nitrogen and oxygen atoms in total. The van der Waals surface area contributed by atoms with E-state index in [1.807, 2.05) is 6.92 Å². The number of hydrogen-bond acceptors (Lipinski definition) is 6. The molecule has 29 heavy (non-hydrogen) atoms. The molecule has 2 aromatic rings. The fraction of sp³-hybridized carbons (Fsp3) is 0.250. The summed E-state index contributed by atoms with van der Waals surface area (Å²) >= 11 is 1.22. The van der Waals surface area contributed by atoms with Crippen LogP contribution in [-0.4, -0.2) is 40.5 Å². The zero-order valence-corrected chi connectivity index (χ0v) is 16.4. The fourth-order valence-corrected chi connectivity index (χ4v) is 4.24. The molecular weight excluding hydrogens is 397 g/mol. The third-order valence-electron chi connectivity index (χ3n) is 4.44. The minimum Gasteiger partial charge on any atom is -0.454 e. The largest absolute Gasteiger partial charge is 0.454 e. The van der Waals surface area contributed by atoms with Crippen LogP contribution >= 0.6 is 11.8 Å². The molecule has 0 spiro atoms. The summed E-state index contributed by atoms with van der Waals surface area (Å²) in [6, 6.07) is 11.2. The van der Waals surface area contributed by atoms with Crippen LogP contribution in [0.4, 0.5) is 15.8 Å². The Morgan fingerprint density at radius 3 is 2.86 bits per heavy atom. The van der Waals surface area contributed by atoms with Gasteiger partial charge in [-0.15, -0.1) is 0 Å². The number of hydrogen-bond donors (Lipinski definition) is 1. The average molecular weight is 415 g/mol. The van der Waals surface area contributed by atoms with Crippen molar-refractivity contribution in [2.45, 2.75) is 18.6 Å². The van der Waals surface area contributed by atoms with E-state index in [1.54, 1.807) is 30.3 Å². The highest BCUT2D eigenvalue weighted by molar-refractivity contribution is 8.15. The smallest absolute Gasteiger partial charge is 0.242 e. The predicted molar refractivity (Wildman–Crippen MR) is 108 cm³/mol. The van der Waals surface area contributed by atoms with Crippen molar-refractivity contribution in [1.29, 1.82) is 0 Å². The third kappa shape index (κ3) is 4.04. The van der Waals surface area contributed by atoms with Gasteiger partial charge in [0.05, 0.1) is 11.4 Å². The van der Waals surface area contributed by atoms with E-state index in [0.29, 0.717) is 28.9 Å². The summed E-state index contributed by atoms with van der Waals surface area (Å²) in [7, 11) is 0. The Labute approximate surface area is 170 Å². The number of carbonyl (C=O) groups is 2. The van der Waals surface area contributed by atoms with Crippen LogP contribution < -0.4 is 14.8 Å². The van der Waals surface area contributed by atoms with Crippen LogP contribution in [0.3, 0.4) is 0 Å². The third-order valence-corrected chi connectivity index (χ3v) is 5.61. The van der Waals surface area contributed by atoms with Crippen molar-refractivity contribution < 1.29 is 23.5 Å². The maximum Gasteiger partial charge on any atom is 0.242 e. The van der Waals surface area contributed by atoms with E-state index in [9.17, 15) is 14.0 Å². The Morgan fingerprint density at radius 1 is 1.28 bits per heavy atom. The van der Waals surface area contributed by atoms with Crippen LogP contribution in [0.25, 0.3) is 0 Å².